The van der Waals surface area contributed by atoms with Crippen molar-refractivity contribution in [2.24, 2.45) is 46.3 Å². The second kappa shape index (κ2) is 9.08. The van der Waals surface area contributed by atoms with Crippen molar-refractivity contribution in [2.45, 2.75) is 118 Å². The van der Waals surface area contributed by atoms with Gasteiger partial charge in [0.2, 0.25) is 0 Å². The molecule has 4 aliphatic rings. The number of hydrogen-bond donors (Lipinski definition) is 1. The summed E-state index contributed by atoms with van der Waals surface area (Å²) in [6.07, 6.45) is 13.8. The lowest BCUT2D eigenvalue weighted by Gasteiger charge is -2.59. The third kappa shape index (κ3) is 4.21. The van der Waals surface area contributed by atoms with E-state index in [0.29, 0.717) is 17.8 Å². The molecule has 0 spiro atoms. The minimum absolute atomic E-state index is 0.0740. The molecular weight excluding hydrogens is 396 g/mol. The van der Waals surface area contributed by atoms with Crippen LogP contribution in [0.3, 0.4) is 0 Å². The van der Waals surface area contributed by atoms with Gasteiger partial charge in [-0.15, -0.1) is 0 Å². The molecule has 9 atom stereocenters. The molecule has 3 saturated carbocycles. The molecular formula is C29H48O3. The topological polar surface area (TPSA) is 46.5 Å². The Balaban J connectivity index is 1.51. The molecule has 4 aliphatic carbocycles. The summed E-state index contributed by atoms with van der Waals surface area (Å²) in [5.41, 5.74) is 2.00. The molecule has 4 rings (SSSR count). The van der Waals surface area contributed by atoms with Crippen molar-refractivity contribution in [1.29, 1.82) is 0 Å². The van der Waals surface area contributed by atoms with Gasteiger partial charge in [0.05, 0.1) is 6.10 Å². The van der Waals surface area contributed by atoms with Crippen molar-refractivity contribution in [1.82, 2.24) is 0 Å². The first-order chi connectivity index (χ1) is 15.1. The van der Waals surface area contributed by atoms with Crippen LogP contribution < -0.4 is 0 Å². The zero-order valence-electron chi connectivity index (χ0n) is 21.5. The molecule has 0 aromatic rings. The van der Waals surface area contributed by atoms with Crippen LogP contribution in [-0.2, 0) is 9.53 Å². The molecule has 3 nitrogen and oxygen atoms in total. The highest BCUT2D eigenvalue weighted by Gasteiger charge is 2.60. The number of hydrogen-bond acceptors (Lipinski definition) is 3. The SMILES string of the molecule is CC(=O)OC1C[C@@]2(C)C(=CC[C@H]3[C@@H]4CC[C@H]([C@H](C)CCCC(C)C)[C@@]4(C)CC[C@@H]32)C[C@H]1O. The Bertz CT molecular complexity index is 726. The van der Waals surface area contributed by atoms with Crippen LogP contribution in [0.5, 0.6) is 0 Å². The van der Waals surface area contributed by atoms with Crippen LogP contribution in [-0.4, -0.2) is 23.3 Å². The Labute approximate surface area is 196 Å². The number of esters is 1. The average molecular weight is 445 g/mol. The Morgan fingerprint density at radius 1 is 1.16 bits per heavy atom. The van der Waals surface area contributed by atoms with E-state index >= 15 is 0 Å². The molecule has 0 radical (unpaired) electrons. The number of ether oxygens (including phenoxy) is 1. The normalized spacial score (nSPS) is 44.3. The number of fused-ring (bicyclic) bond motifs is 5. The van der Waals surface area contributed by atoms with Crippen LogP contribution in [0.15, 0.2) is 11.6 Å². The average Bonchev–Trinajstić information content (AvgIpc) is 3.05. The van der Waals surface area contributed by atoms with Crippen LogP contribution in [0.25, 0.3) is 0 Å². The molecule has 0 saturated heterocycles. The summed E-state index contributed by atoms with van der Waals surface area (Å²) in [4.78, 5) is 11.7. The van der Waals surface area contributed by atoms with Gasteiger partial charge in [0, 0.05) is 6.92 Å². The van der Waals surface area contributed by atoms with E-state index in [4.69, 9.17) is 4.74 Å². The Morgan fingerprint density at radius 2 is 1.91 bits per heavy atom. The van der Waals surface area contributed by atoms with Gasteiger partial charge < -0.3 is 9.84 Å². The second-order valence-electron chi connectivity index (χ2n) is 12.9. The molecule has 0 aliphatic heterocycles. The molecule has 3 heteroatoms. The molecule has 182 valence electrons. The largest absolute Gasteiger partial charge is 0.460 e. The summed E-state index contributed by atoms with van der Waals surface area (Å²) < 4.78 is 5.59. The summed E-state index contributed by atoms with van der Waals surface area (Å²) in [6.45, 7) is 13.8. The van der Waals surface area contributed by atoms with Gasteiger partial charge in [0.25, 0.3) is 0 Å². The lowest BCUT2D eigenvalue weighted by atomic mass is 9.46. The van der Waals surface area contributed by atoms with Gasteiger partial charge in [-0.25, -0.2) is 0 Å². The van der Waals surface area contributed by atoms with E-state index in [1.54, 1.807) is 0 Å². The number of carbonyl (C=O) groups excluding carboxylic acids is 1. The van der Waals surface area contributed by atoms with Crippen LogP contribution in [0.1, 0.15) is 106 Å². The zero-order chi connectivity index (χ0) is 23.3. The molecule has 0 aromatic heterocycles. The number of aliphatic hydroxyl groups is 1. The highest BCUT2D eigenvalue weighted by atomic mass is 16.6. The molecule has 0 amide bonds. The molecule has 1 unspecified atom stereocenters. The van der Waals surface area contributed by atoms with E-state index in [1.807, 2.05) is 0 Å². The van der Waals surface area contributed by atoms with Gasteiger partial charge in [0.15, 0.2) is 0 Å². The van der Waals surface area contributed by atoms with Gasteiger partial charge >= 0.3 is 5.97 Å². The Hall–Kier alpha value is -0.830. The first kappa shape index (κ1) is 24.3. The quantitative estimate of drug-likeness (QED) is 0.357. The fourth-order valence-corrected chi connectivity index (χ4v) is 9.02. The molecule has 3 fully saturated rings. The smallest absolute Gasteiger partial charge is 0.302 e. The predicted molar refractivity (Wildman–Crippen MR) is 130 cm³/mol. The molecule has 32 heavy (non-hydrogen) atoms. The molecule has 0 bridgehead atoms. The van der Waals surface area contributed by atoms with Gasteiger partial charge in [-0.2, -0.15) is 0 Å². The minimum Gasteiger partial charge on any atom is -0.460 e. The van der Waals surface area contributed by atoms with Gasteiger partial charge in [-0.3, -0.25) is 4.79 Å². The standard InChI is InChI=1S/C29H48O3/c1-18(2)8-7-9-19(3)23-12-13-24-22-11-10-21-16-26(31)27(32-20(4)30)17-29(21,6)25(22)14-15-28(23,24)5/h10,18-19,22-27,31H,7-9,11-17H2,1-6H3/t19-,22+,23-,24+,25+,26-,27?,28-,29+/m1/s1. The van der Waals surface area contributed by atoms with E-state index in [0.717, 1.165) is 36.0 Å². The highest BCUT2D eigenvalue weighted by molar-refractivity contribution is 5.66. The summed E-state index contributed by atoms with van der Waals surface area (Å²) in [6, 6.07) is 0. The van der Waals surface area contributed by atoms with Crippen LogP contribution >= 0.6 is 0 Å². The van der Waals surface area contributed by atoms with Crippen molar-refractivity contribution < 1.29 is 14.6 Å². The van der Waals surface area contributed by atoms with Gasteiger partial charge in [-0.05, 0) is 91.3 Å². The second-order valence-corrected chi connectivity index (χ2v) is 12.9. The van der Waals surface area contributed by atoms with Gasteiger partial charge in [-0.1, -0.05) is 65.5 Å². The van der Waals surface area contributed by atoms with Crippen molar-refractivity contribution in [3.63, 3.8) is 0 Å². The van der Waals surface area contributed by atoms with E-state index in [-0.39, 0.29) is 17.5 Å². The van der Waals surface area contributed by atoms with Gasteiger partial charge in [0.1, 0.15) is 6.10 Å². The van der Waals surface area contributed by atoms with Crippen LogP contribution in [0, 0.1) is 46.3 Å². The maximum absolute atomic E-state index is 11.7. The van der Waals surface area contributed by atoms with Crippen molar-refractivity contribution in [3.05, 3.63) is 11.6 Å². The highest BCUT2D eigenvalue weighted by Crippen LogP contribution is 2.67. The van der Waals surface area contributed by atoms with E-state index in [1.165, 1.54) is 63.9 Å². The maximum atomic E-state index is 11.7. The molecule has 0 heterocycles. The predicted octanol–water partition coefficient (Wildman–Crippen LogP) is 6.93. The monoisotopic (exact) mass is 444 g/mol. The molecule has 0 aromatic carbocycles. The van der Waals surface area contributed by atoms with E-state index < -0.39 is 6.10 Å². The van der Waals surface area contributed by atoms with Crippen LogP contribution in [0.2, 0.25) is 0 Å². The first-order valence-electron chi connectivity index (χ1n) is 13.6. The Morgan fingerprint density at radius 3 is 2.59 bits per heavy atom. The van der Waals surface area contributed by atoms with Crippen molar-refractivity contribution in [3.8, 4) is 0 Å². The summed E-state index contributed by atoms with van der Waals surface area (Å²) in [7, 11) is 0. The van der Waals surface area contributed by atoms with Crippen molar-refractivity contribution >= 4 is 5.97 Å². The third-order valence-electron chi connectivity index (χ3n) is 10.6. The number of rotatable bonds is 6. The third-order valence-corrected chi connectivity index (χ3v) is 10.6. The van der Waals surface area contributed by atoms with Crippen molar-refractivity contribution in [2.75, 3.05) is 0 Å². The fourth-order valence-electron chi connectivity index (χ4n) is 9.02. The minimum atomic E-state index is -0.550. The summed E-state index contributed by atoms with van der Waals surface area (Å²) in [5.74, 6) is 4.51. The summed E-state index contributed by atoms with van der Waals surface area (Å²) >= 11 is 0. The van der Waals surface area contributed by atoms with E-state index in [9.17, 15) is 9.90 Å². The lowest BCUT2D eigenvalue weighted by Crippen LogP contribution is -2.53. The zero-order valence-corrected chi connectivity index (χ0v) is 21.5. The Kier molecular flexibility index (Phi) is 6.90. The number of aliphatic hydroxyl groups excluding tert-OH is 1. The molecule has 1 N–H and O–H groups in total. The van der Waals surface area contributed by atoms with E-state index in [2.05, 4.69) is 40.7 Å². The van der Waals surface area contributed by atoms with Crippen LogP contribution in [0.4, 0.5) is 0 Å². The first-order valence-corrected chi connectivity index (χ1v) is 13.6. The lowest BCUT2D eigenvalue weighted by molar-refractivity contribution is -0.160. The number of carbonyl (C=O) groups is 1. The fraction of sp³-hybridized carbons (Fsp3) is 0.897. The maximum Gasteiger partial charge on any atom is 0.302 e. The summed E-state index contributed by atoms with van der Waals surface area (Å²) in [5, 5.41) is 10.6. The number of allylic oxidation sites excluding steroid dienone is 1.